The van der Waals surface area contributed by atoms with E-state index in [2.05, 4.69) is 15.6 Å². The lowest BCUT2D eigenvalue weighted by atomic mass is 10.2. The molecule has 0 atom stereocenters. The van der Waals surface area contributed by atoms with Crippen LogP contribution in [-0.4, -0.2) is 16.8 Å². The molecule has 2 N–H and O–H groups in total. The highest BCUT2D eigenvalue weighted by Crippen LogP contribution is 2.19. The zero-order valence-corrected chi connectivity index (χ0v) is 13.4. The highest BCUT2D eigenvalue weighted by atomic mass is 32.1. The molecule has 128 valence electrons. The van der Waals surface area contributed by atoms with Gasteiger partial charge in [-0.25, -0.2) is 13.8 Å². The van der Waals surface area contributed by atoms with Crippen molar-refractivity contribution in [1.29, 1.82) is 0 Å². The van der Waals surface area contributed by atoms with Crippen LogP contribution in [0.4, 0.5) is 13.9 Å². The standard InChI is InChI=1S/C16H11F2N3O3S/c17-10-4-1-5-11(18)13(10)15(23)21-16-20-12(8-25-16)14(22)19-7-9-3-2-6-24-9/h1-6,8H,7H2,(H,19,22)(H,20,21,23). The van der Waals surface area contributed by atoms with Crippen LogP contribution in [0.3, 0.4) is 0 Å². The van der Waals surface area contributed by atoms with Crippen molar-refractivity contribution < 1.29 is 22.8 Å². The number of hydrogen-bond acceptors (Lipinski definition) is 5. The number of carbonyl (C=O) groups is 2. The number of furan rings is 1. The first-order chi connectivity index (χ1) is 12.0. The molecule has 0 unspecified atom stereocenters. The van der Waals surface area contributed by atoms with Crippen LogP contribution in [0.2, 0.25) is 0 Å². The fraction of sp³-hybridized carbons (Fsp3) is 0.0625. The van der Waals surface area contributed by atoms with Crippen molar-refractivity contribution in [3.63, 3.8) is 0 Å². The molecule has 0 aliphatic carbocycles. The lowest BCUT2D eigenvalue weighted by Gasteiger charge is -2.04. The number of thiazole rings is 1. The number of halogens is 2. The van der Waals surface area contributed by atoms with Gasteiger partial charge in [0.15, 0.2) is 5.13 Å². The van der Waals surface area contributed by atoms with Crippen molar-refractivity contribution >= 4 is 28.3 Å². The first kappa shape index (κ1) is 16.8. The van der Waals surface area contributed by atoms with E-state index < -0.39 is 29.0 Å². The smallest absolute Gasteiger partial charge is 0.271 e. The Morgan fingerprint density at radius 1 is 1.12 bits per heavy atom. The summed E-state index contributed by atoms with van der Waals surface area (Å²) >= 11 is 0.964. The Kier molecular flexibility index (Phi) is 4.85. The monoisotopic (exact) mass is 363 g/mol. The molecule has 0 bridgehead atoms. The van der Waals surface area contributed by atoms with Crippen LogP contribution in [0, 0.1) is 11.6 Å². The molecule has 3 rings (SSSR count). The first-order valence-electron chi connectivity index (χ1n) is 7.06. The number of nitrogens with one attached hydrogen (secondary N) is 2. The number of hydrogen-bond donors (Lipinski definition) is 2. The van der Waals surface area contributed by atoms with Crippen molar-refractivity contribution in [2.75, 3.05) is 5.32 Å². The predicted octanol–water partition coefficient (Wildman–Crippen LogP) is 3.20. The minimum Gasteiger partial charge on any atom is -0.467 e. The van der Waals surface area contributed by atoms with Gasteiger partial charge in [-0.1, -0.05) is 6.07 Å². The summed E-state index contributed by atoms with van der Waals surface area (Å²) in [5, 5.41) is 6.34. The average Bonchev–Trinajstić information content (AvgIpc) is 3.24. The minimum atomic E-state index is -0.981. The maximum atomic E-state index is 13.6. The van der Waals surface area contributed by atoms with Crippen LogP contribution in [0.25, 0.3) is 0 Å². The maximum Gasteiger partial charge on any atom is 0.271 e. The second kappa shape index (κ2) is 7.22. The Labute approximate surface area is 144 Å². The van der Waals surface area contributed by atoms with Crippen molar-refractivity contribution in [2.24, 2.45) is 0 Å². The van der Waals surface area contributed by atoms with Crippen molar-refractivity contribution in [3.8, 4) is 0 Å². The van der Waals surface area contributed by atoms with E-state index in [4.69, 9.17) is 4.42 Å². The van der Waals surface area contributed by atoms with Gasteiger partial charge < -0.3 is 9.73 Å². The molecule has 25 heavy (non-hydrogen) atoms. The summed E-state index contributed by atoms with van der Waals surface area (Å²) in [5.74, 6) is -2.83. The van der Waals surface area contributed by atoms with Gasteiger partial charge in [-0.15, -0.1) is 11.3 Å². The second-order valence-electron chi connectivity index (χ2n) is 4.85. The van der Waals surface area contributed by atoms with Crippen LogP contribution in [0.1, 0.15) is 26.6 Å². The van der Waals surface area contributed by atoms with E-state index in [1.165, 1.54) is 11.6 Å². The maximum absolute atomic E-state index is 13.6. The van der Waals surface area contributed by atoms with Crippen molar-refractivity contribution in [1.82, 2.24) is 10.3 Å². The molecule has 0 saturated heterocycles. The van der Waals surface area contributed by atoms with Gasteiger partial charge in [0.1, 0.15) is 28.7 Å². The summed E-state index contributed by atoms with van der Waals surface area (Å²) < 4.78 is 32.3. The van der Waals surface area contributed by atoms with Gasteiger partial charge >= 0.3 is 0 Å². The summed E-state index contributed by atoms with van der Waals surface area (Å²) in [6.07, 6.45) is 1.49. The Hall–Kier alpha value is -3.07. The molecule has 0 radical (unpaired) electrons. The quantitative estimate of drug-likeness (QED) is 0.729. The fourth-order valence-corrected chi connectivity index (χ4v) is 2.67. The van der Waals surface area contributed by atoms with E-state index in [9.17, 15) is 18.4 Å². The molecule has 0 saturated carbocycles. The van der Waals surface area contributed by atoms with E-state index >= 15 is 0 Å². The molecule has 2 aromatic heterocycles. The first-order valence-corrected chi connectivity index (χ1v) is 7.94. The van der Waals surface area contributed by atoms with E-state index in [1.807, 2.05) is 0 Å². The minimum absolute atomic E-state index is 0.0517. The highest BCUT2D eigenvalue weighted by molar-refractivity contribution is 7.14. The number of benzene rings is 1. The van der Waals surface area contributed by atoms with Gasteiger partial charge in [-0.05, 0) is 24.3 Å². The van der Waals surface area contributed by atoms with E-state index in [-0.39, 0.29) is 17.4 Å². The highest BCUT2D eigenvalue weighted by Gasteiger charge is 2.19. The molecule has 0 aliphatic rings. The second-order valence-corrected chi connectivity index (χ2v) is 5.71. The third-order valence-electron chi connectivity index (χ3n) is 3.15. The summed E-state index contributed by atoms with van der Waals surface area (Å²) in [6.45, 7) is 0.186. The molecule has 0 fully saturated rings. The zero-order valence-electron chi connectivity index (χ0n) is 12.6. The van der Waals surface area contributed by atoms with E-state index in [1.54, 1.807) is 12.1 Å². The summed E-state index contributed by atoms with van der Waals surface area (Å²) in [7, 11) is 0. The number of carbonyl (C=O) groups excluding carboxylic acids is 2. The van der Waals surface area contributed by atoms with Crippen molar-refractivity contribution in [3.05, 3.63) is 70.6 Å². The Balaban J connectivity index is 1.65. The normalized spacial score (nSPS) is 10.5. The van der Waals surface area contributed by atoms with Gasteiger partial charge in [0, 0.05) is 5.38 Å². The van der Waals surface area contributed by atoms with Crippen LogP contribution in [0.15, 0.2) is 46.4 Å². The van der Waals surface area contributed by atoms with Gasteiger partial charge in [0.05, 0.1) is 12.8 Å². The molecule has 1 aromatic carbocycles. The van der Waals surface area contributed by atoms with Gasteiger partial charge in [-0.3, -0.25) is 14.9 Å². The topological polar surface area (TPSA) is 84.2 Å². The predicted molar refractivity (Wildman–Crippen MR) is 86.3 cm³/mol. The molecular weight excluding hydrogens is 352 g/mol. The Morgan fingerprint density at radius 3 is 2.56 bits per heavy atom. The molecule has 9 heteroatoms. The third kappa shape index (κ3) is 3.89. The lowest BCUT2D eigenvalue weighted by molar-refractivity contribution is 0.0942. The van der Waals surface area contributed by atoms with Crippen LogP contribution in [-0.2, 0) is 6.54 Å². The Bertz CT molecular complexity index is 889. The molecule has 2 heterocycles. The third-order valence-corrected chi connectivity index (χ3v) is 3.91. The SMILES string of the molecule is O=C(NCc1ccco1)c1csc(NC(=O)c2c(F)cccc2F)n1. The zero-order chi connectivity index (χ0) is 17.8. The van der Waals surface area contributed by atoms with Gasteiger partial charge in [0.25, 0.3) is 11.8 Å². The molecular formula is C16H11F2N3O3S. The number of nitrogens with zero attached hydrogens (tertiary/aromatic N) is 1. The van der Waals surface area contributed by atoms with Crippen molar-refractivity contribution in [2.45, 2.75) is 6.54 Å². The molecule has 0 aliphatic heterocycles. The number of anilines is 1. The molecule has 0 spiro atoms. The number of aromatic nitrogens is 1. The molecule has 3 aromatic rings. The number of rotatable bonds is 5. The summed E-state index contributed by atoms with van der Waals surface area (Å²) in [5.41, 5.74) is -0.637. The van der Waals surface area contributed by atoms with Crippen LogP contribution >= 0.6 is 11.3 Å². The van der Waals surface area contributed by atoms with Crippen LogP contribution in [0.5, 0.6) is 0 Å². The van der Waals surface area contributed by atoms with Crippen LogP contribution < -0.4 is 10.6 Å². The lowest BCUT2D eigenvalue weighted by Crippen LogP contribution is -2.23. The molecule has 6 nitrogen and oxygen atoms in total. The summed E-state index contributed by atoms with van der Waals surface area (Å²) in [6, 6.07) is 6.52. The Morgan fingerprint density at radius 2 is 1.88 bits per heavy atom. The summed E-state index contributed by atoms with van der Waals surface area (Å²) in [4.78, 5) is 27.9. The van der Waals surface area contributed by atoms with E-state index in [0.717, 1.165) is 29.5 Å². The van der Waals surface area contributed by atoms with Gasteiger partial charge in [0.2, 0.25) is 0 Å². The van der Waals surface area contributed by atoms with E-state index in [0.29, 0.717) is 5.76 Å². The number of amides is 2. The fourth-order valence-electron chi connectivity index (χ4n) is 1.98. The molecule has 2 amide bonds. The average molecular weight is 363 g/mol. The largest absolute Gasteiger partial charge is 0.467 e. The van der Waals surface area contributed by atoms with Gasteiger partial charge in [-0.2, -0.15) is 0 Å².